The molecule has 0 aliphatic carbocycles. The summed E-state index contributed by atoms with van der Waals surface area (Å²) in [6.45, 7) is 0.288. The zero-order valence-electron chi connectivity index (χ0n) is 18.4. The molecule has 186 valence electrons. The smallest absolute Gasteiger partial charge is 0.337 e. The lowest BCUT2D eigenvalue weighted by Gasteiger charge is -2.16. The van der Waals surface area contributed by atoms with Crippen LogP contribution in [0.3, 0.4) is 0 Å². The fourth-order valence-corrected chi connectivity index (χ4v) is 4.99. The molecule has 0 radical (unpaired) electrons. The molecule has 0 aliphatic heterocycles. The summed E-state index contributed by atoms with van der Waals surface area (Å²) >= 11 is 9.34. The average Bonchev–Trinajstić information content (AvgIpc) is 2.83. The molecule has 12 heteroatoms. The van der Waals surface area contributed by atoms with Crippen LogP contribution in [0.2, 0.25) is 5.02 Å². The standard InChI is InChI=1S/C23H19BrClF2NO6S/c1-32-22-16(25)9-13(23(29)33-2)10-21(22)35(30,31)28-19-11-15(17(26)12-18(19)27)14-5-3-4-6-20(14)34-8-7-24/h3-6,9-12,28H,7-8H2,1-2H3. The minimum Gasteiger partial charge on any atom is -0.494 e. The fraction of sp³-hybridized carbons (Fsp3) is 0.174. The molecule has 0 saturated heterocycles. The molecule has 1 N–H and O–H groups in total. The number of methoxy groups -OCH3 is 2. The minimum atomic E-state index is -4.57. The summed E-state index contributed by atoms with van der Waals surface area (Å²) in [5.41, 5.74) is -0.516. The lowest BCUT2D eigenvalue weighted by Crippen LogP contribution is -2.17. The van der Waals surface area contributed by atoms with Gasteiger partial charge < -0.3 is 14.2 Å². The number of sulfonamides is 1. The number of ether oxygens (including phenoxy) is 3. The number of carbonyl (C=O) groups excluding carboxylic acids is 1. The number of hydrogen-bond donors (Lipinski definition) is 1. The number of alkyl halides is 1. The first kappa shape index (κ1) is 26.7. The van der Waals surface area contributed by atoms with Crippen molar-refractivity contribution in [1.29, 1.82) is 0 Å². The van der Waals surface area contributed by atoms with E-state index in [2.05, 4.69) is 25.4 Å². The van der Waals surface area contributed by atoms with Gasteiger partial charge in [-0.3, -0.25) is 4.72 Å². The maximum atomic E-state index is 14.8. The van der Waals surface area contributed by atoms with Crippen LogP contribution in [-0.2, 0) is 14.8 Å². The first-order valence-electron chi connectivity index (χ1n) is 9.88. The summed E-state index contributed by atoms with van der Waals surface area (Å²) in [6.07, 6.45) is 0. The van der Waals surface area contributed by atoms with Gasteiger partial charge in [0.25, 0.3) is 10.0 Å². The summed E-state index contributed by atoms with van der Waals surface area (Å²) in [6, 6.07) is 10.2. The Balaban J connectivity index is 2.11. The molecule has 3 aromatic carbocycles. The molecule has 0 saturated carbocycles. The maximum absolute atomic E-state index is 14.8. The number of hydrogen-bond acceptors (Lipinski definition) is 6. The van der Waals surface area contributed by atoms with Gasteiger partial charge in [0.05, 0.1) is 37.1 Å². The molecular weight excluding hydrogens is 572 g/mol. The Morgan fingerprint density at radius 3 is 2.43 bits per heavy atom. The fourth-order valence-electron chi connectivity index (χ4n) is 3.20. The first-order valence-corrected chi connectivity index (χ1v) is 12.9. The van der Waals surface area contributed by atoms with E-state index in [1.165, 1.54) is 13.2 Å². The second kappa shape index (κ2) is 11.2. The van der Waals surface area contributed by atoms with Crippen LogP contribution in [0.15, 0.2) is 53.4 Å². The van der Waals surface area contributed by atoms with Crippen molar-refractivity contribution in [3.05, 3.63) is 70.8 Å². The molecule has 0 spiro atoms. The number of benzene rings is 3. The van der Waals surface area contributed by atoms with Gasteiger partial charge in [0.1, 0.15) is 22.3 Å². The number of rotatable bonds is 9. The molecule has 7 nitrogen and oxygen atoms in total. The number of para-hydroxylation sites is 1. The van der Waals surface area contributed by atoms with E-state index >= 15 is 0 Å². The van der Waals surface area contributed by atoms with Crippen molar-refractivity contribution in [2.75, 3.05) is 30.9 Å². The Morgan fingerprint density at radius 1 is 1.06 bits per heavy atom. The Hall–Kier alpha value is -2.89. The Morgan fingerprint density at radius 2 is 1.77 bits per heavy atom. The number of halogens is 4. The molecule has 3 rings (SSSR count). The van der Waals surface area contributed by atoms with Crippen LogP contribution < -0.4 is 14.2 Å². The maximum Gasteiger partial charge on any atom is 0.337 e. The highest BCUT2D eigenvalue weighted by atomic mass is 79.9. The zero-order valence-corrected chi connectivity index (χ0v) is 21.6. The van der Waals surface area contributed by atoms with E-state index < -0.39 is 38.2 Å². The molecule has 0 amide bonds. The predicted molar refractivity (Wildman–Crippen MR) is 131 cm³/mol. The zero-order chi connectivity index (χ0) is 25.8. The number of esters is 1. The van der Waals surface area contributed by atoms with Crippen molar-refractivity contribution < 1.29 is 36.2 Å². The van der Waals surface area contributed by atoms with Crippen molar-refractivity contribution in [3.8, 4) is 22.6 Å². The number of carbonyl (C=O) groups is 1. The summed E-state index contributed by atoms with van der Waals surface area (Å²) in [5.74, 6) is -2.88. The monoisotopic (exact) mass is 589 g/mol. The van der Waals surface area contributed by atoms with E-state index in [9.17, 15) is 22.0 Å². The third kappa shape index (κ3) is 5.85. The Labute approximate surface area is 214 Å². The van der Waals surface area contributed by atoms with Gasteiger partial charge in [-0.05, 0) is 24.3 Å². The SMILES string of the molecule is COC(=O)c1cc(Cl)c(OC)c(S(=O)(=O)Nc2cc(-c3ccccc3OCCBr)c(F)cc2F)c1. The van der Waals surface area contributed by atoms with Crippen LogP contribution in [0.4, 0.5) is 14.5 Å². The van der Waals surface area contributed by atoms with Gasteiger partial charge in [0.2, 0.25) is 0 Å². The minimum absolute atomic E-state index is 0.0948. The highest BCUT2D eigenvalue weighted by Gasteiger charge is 2.27. The van der Waals surface area contributed by atoms with E-state index in [1.54, 1.807) is 24.3 Å². The van der Waals surface area contributed by atoms with E-state index in [4.69, 9.17) is 21.1 Å². The molecule has 0 bridgehead atoms. The van der Waals surface area contributed by atoms with Crippen molar-refractivity contribution in [1.82, 2.24) is 0 Å². The summed E-state index contributed by atoms with van der Waals surface area (Å²) < 4.78 is 73.2. The van der Waals surface area contributed by atoms with E-state index in [1.807, 2.05) is 0 Å². The Bertz CT molecular complexity index is 1370. The van der Waals surface area contributed by atoms with E-state index in [0.29, 0.717) is 22.7 Å². The van der Waals surface area contributed by atoms with Gasteiger partial charge in [-0.15, -0.1) is 0 Å². The van der Waals surface area contributed by atoms with Gasteiger partial charge in [-0.2, -0.15) is 0 Å². The second-order valence-corrected chi connectivity index (χ2v) is 9.78. The van der Waals surface area contributed by atoms with Gasteiger partial charge in [0.15, 0.2) is 5.75 Å². The topological polar surface area (TPSA) is 90.9 Å². The molecule has 0 aromatic heterocycles. The molecule has 0 heterocycles. The molecule has 0 fully saturated rings. The highest BCUT2D eigenvalue weighted by Crippen LogP contribution is 2.37. The average molecular weight is 591 g/mol. The summed E-state index contributed by atoms with van der Waals surface area (Å²) in [4.78, 5) is 11.4. The van der Waals surface area contributed by atoms with Crippen LogP contribution >= 0.6 is 27.5 Å². The normalized spacial score (nSPS) is 11.1. The number of anilines is 1. The summed E-state index contributed by atoms with van der Waals surface area (Å²) in [5, 5.41) is 0.335. The van der Waals surface area contributed by atoms with E-state index in [0.717, 1.165) is 19.2 Å². The molecule has 3 aromatic rings. The molecule has 0 aliphatic rings. The second-order valence-electron chi connectivity index (χ2n) is 6.93. The summed E-state index contributed by atoms with van der Waals surface area (Å²) in [7, 11) is -2.28. The quantitative estimate of drug-likeness (QED) is 0.256. The molecule has 35 heavy (non-hydrogen) atoms. The largest absolute Gasteiger partial charge is 0.494 e. The lowest BCUT2D eigenvalue weighted by molar-refractivity contribution is 0.0600. The molecule has 0 atom stereocenters. The van der Waals surface area contributed by atoms with E-state index in [-0.39, 0.29) is 28.5 Å². The van der Waals surface area contributed by atoms with Crippen molar-refractivity contribution in [2.45, 2.75) is 4.90 Å². The van der Waals surface area contributed by atoms with Crippen LogP contribution in [-0.4, -0.2) is 40.5 Å². The molecular formula is C23H19BrClF2NO6S. The predicted octanol–water partition coefficient (Wildman–Crippen LogP) is 5.65. The third-order valence-corrected chi connectivity index (χ3v) is 6.71. The van der Waals surface area contributed by atoms with Gasteiger partial charge >= 0.3 is 5.97 Å². The van der Waals surface area contributed by atoms with Crippen molar-refractivity contribution in [2.24, 2.45) is 0 Å². The van der Waals surface area contributed by atoms with Crippen LogP contribution in [0.1, 0.15) is 10.4 Å². The van der Waals surface area contributed by atoms with Crippen molar-refractivity contribution >= 4 is 49.2 Å². The highest BCUT2D eigenvalue weighted by molar-refractivity contribution is 9.09. The van der Waals surface area contributed by atoms with Crippen molar-refractivity contribution in [3.63, 3.8) is 0 Å². The first-order chi connectivity index (χ1) is 16.6. The van der Waals surface area contributed by atoms with Crippen LogP contribution in [0.25, 0.3) is 11.1 Å². The van der Waals surface area contributed by atoms with Gasteiger partial charge in [0, 0.05) is 22.5 Å². The van der Waals surface area contributed by atoms with Crippen LogP contribution in [0.5, 0.6) is 11.5 Å². The Kier molecular flexibility index (Phi) is 8.57. The lowest BCUT2D eigenvalue weighted by atomic mass is 10.0. The van der Waals surface area contributed by atoms with Crippen LogP contribution in [0, 0.1) is 11.6 Å². The van der Waals surface area contributed by atoms with Gasteiger partial charge in [-0.25, -0.2) is 22.0 Å². The number of nitrogens with one attached hydrogen (secondary N) is 1. The molecule has 0 unspecified atom stereocenters. The van der Waals surface area contributed by atoms with Gasteiger partial charge in [-0.1, -0.05) is 45.7 Å². The third-order valence-electron chi connectivity index (χ3n) is 4.74.